The molecule has 0 fully saturated rings. The van der Waals surface area contributed by atoms with Crippen LogP contribution < -0.4 is 10.6 Å². The molecule has 260 valence electrons. The molecule has 1 aromatic rings. The molecule has 0 saturated carbocycles. The van der Waals surface area contributed by atoms with E-state index in [1.165, 1.54) is 77.0 Å². The van der Waals surface area contributed by atoms with Crippen molar-refractivity contribution in [2.24, 2.45) is 4.99 Å². The number of nitrogens with one attached hydrogen (secondary N) is 1. The molecular formula is C38H72N2O3Sn2. The number of rotatable bonds is 26. The minimum Gasteiger partial charge on any atom is -0.760 e. The summed E-state index contributed by atoms with van der Waals surface area (Å²) in [5.41, 5.74) is 2.60. The van der Waals surface area contributed by atoms with E-state index >= 15 is 0 Å². The standard InChI is InChI=1S/C14H19N2O3.6C4H9.2Sn/c17-14(18)11-7-2-1-6-10-13(16-19)15-12-8-4-3-5-9-12;6*1-3-4-2;;/h3-5,8-9H,1-2,6-7,10-11H2,(H2-,15,16,17,18,19);6*1,3-4H2,2H3;;/q-1;;;;;;;2*+1/p-1. The van der Waals surface area contributed by atoms with Gasteiger partial charge in [-0.05, 0) is 31.4 Å². The quantitative estimate of drug-likeness (QED) is 0.0331. The second kappa shape index (κ2) is 38.2. The molecule has 0 unspecified atom stereocenters. The number of carbonyl (C=O) groups is 1. The van der Waals surface area contributed by atoms with Crippen molar-refractivity contribution >= 4 is 57.0 Å². The summed E-state index contributed by atoms with van der Waals surface area (Å²) < 4.78 is 10.1. The zero-order valence-corrected chi connectivity index (χ0v) is 36.2. The Labute approximate surface area is 294 Å². The third kappa shape index (κ3) is 34.9. The van der Waals surface area contributed by atoms with Crippen molar-refractivity contribution in [2.75, 3.05) is 0 Å². The van der Waals surface area contributed by atoms with E-state index in [-0.39, 0.29) is 6.42 Å². The molecule has 0 spiro atoms. The Balaban J connectivity index is 0. The largest absolute Gasteiger partial charge is 0.760 e. The number of nitrogens with zero attached hydrogens (tertiary/aromatic N) is 1. The van der Waals surface area contributed by atoms with Crippen LogP contribution in [0.2, 0.25) is 26.6 Å². The summed E-state index contributed by atoms with van der Waals surface area (Å²) in [6, 6.07) is 9.28. The monoisotopic (exact) mass is 844 g/mol. The maximum Gasteiger partial charge on any atom is 0.0916 e. The first-order valence-corrected chi connectivity index (χ1v) is 30.9. The fraction of sp³-hybridized carbons (Fsp3) is 0.789. The number of amidine groups is 1. The van der Waals surface area contributed by atoms with E-state index in [1.54, 1.807) is 26.6 Å². The Morgan fingerprint density at radius 3 is 1.24 bits per heavy atom. The molecule has 0 amide bonds. The topological polar surface area (TPSA) is 87.6 Å². The molecule has 0 aliphatic heterocycles. The molecule has 0 bridgehead atoms. The van der Waals surface area contributed by atoms with Crippen molar-refractivity contribution in [3.63, 3.8) is 0 Å². The molecule has 1 N–H and O–H groups in total. The van der Waals surface area contributed by atoms with Gasteiger partial charge in [-0.15, -0.1) is 0 Å². The summed E-state index contributed by atoms with van der Waals surface area (Å²) in [5, 5.41) is 21.0. The number of unbranched alkanes of at least 4 members (excludes halogenated alkanes) is 9. The van der Waals surface area contributed by atoms with Crippen LogP contribution in [0, 0.1) is 5.21 Å². The van der Waals surface area contributed by atoms with Crippen molar-refractivity contribution in [1.29, 1.82) is 0 Å². The minimum absolute atomic E-state index is 0.102. The van der Waals surface area contributed by atoms with Gasteiger partial charge in [0.05, 0.1) is 11.5 Å². The van der Waals surface area contributed by atoms with Crippen LogP contribution in [0.4, 0.5) is 5.69 Å². The second-order valence-corrected chi connectivity index (χ2v) is 29.5. The normalized spacial score (nSPS) is 10.8. The number of carbonyl (C=O) groups excluding carboxylic acids is 1. The molecular weight excluding hydrogens is 770 g/mol. The van der Waals surface area contributed by atoms with Gasteiger partial charge in [0.25, 0.3) is 0 Å². The molecule has 0 aromatic heterocycles. The van der Waals surface area contributed by atoms with Gasteiger partial charge >= 0.3 is 185 Å². The maximum atomic E-state index is 10.8. The van der Waals surface area contributed by atoms with E-state index < -0.39 is 45.5 Å². The fourth-order valence-electron chi connectivity index (χ4n) is 5.01. The molecule has 5 nitrogen and oxygen atoms in total. The van der Waals surface area contributed by atoms with Gasteiger partial charge in [-0.3, -0.25) is 0 Å². The van der Waals surface area contributed by atoms with Crippen LogP contribution in [0.25, 0.3) is 0 Å². The predicted molar refractivity (Wildman–Crippen MR) is 203 cm³/mol. The van der Waals surface area contributed by atoms with Crippen molar-refractivity contribution < 1.29 is 9.90 Å². The summed E-state index contributed by atoms with van der Waals surface area (Å²) in [5.74, 6) is -0.598. The molecule has 0 aliphatic carbocycles. The summed E-state index contributed by atoms with van der Waals surface area (Å²) in [7, 11) is 0. The number of para-hydroxylation sites is 1. The van der Waals surface area contributed by atoms with Crippen LogP contribution in [-0.4, -0.2) is 51.3 Å². The first-order valence-electron chi connectivity index (χ1n) is 18.8. The molecule has 1 aromatic carbocycles. The van der Waals surface area contributed by atoms with Crippen molar-refractivity contribution in [3.8, 4) is 0 Å². The number of aliphatic imine (C=N–C) groups is 1. The van der Waals surface area contributed by atoms with E-state index in [2.05, 4.69) is 46.5 Å². The molecule has 0 aliphatic rings. The summed E-state index contributed by atoms with van der Waals surface area (Å²) >= 11 is -1.68. The van der Waals surface area contributed by atoms with Gasteiger partial charge in [0.15, 0.2) is 0 Å². The number of carboxylic acid groups (broad SMARTS) is 1. The molecule has 0 atom stereocenters. The number of benzene rings is 1. The number of hydrogen-bond acceptors (Lipinski definition) is 4. The van der Waals surface area contributed by atoms with Gasteiger partial charge in [-0.2, -0.15) is 0 Å². The number of hydrogen-bond donors (Lipinski definition) is 1. The van der Waals surface area contributed by atoms with Crippen LogP contribution >= 0.6 is 0 Å². The summed E-state index contributed by atoms with van der Waals surface area (Å²) in [6.07, 6.45) is 21.5. The Morgan fingerprint density at radius 1 is 0.578 bits per heavy atom. The minimum atomic E-state index is -1.01. The molecule has 7 heteroatoms. The van der Waals surface area contributed by atoms with E-state index in [1.807, 2.05) is 35.8 Å². The first-order chi connectivity index (χ1) is 21.9. The zero-order valence-electron chi connectivity index (χ0n) is 30.5. The van der Waals surface area contributed by atoms with E-state index in [0.717, 1.165) is 24.9 Å². The van der Waals surface area contributed by atoms with Gasteiger partial charge in [0.2, 0.25) is 0 Å². The molecule has 1 rings (SSSR count). The second-order valence-electron chi connectivity index (χ2n) is 12.4. The zero-order chi connectivity index (χ0) is 33.8. The third-order valence-electron chi connectivity index (χ3n) is 7.99. The van der Waals surface area contributed by atoms with Crippen LogP contribution in [0.1, 0.15) is 157 Å². The molecule has 0 radical (unpaired) electrons. The Kier molecular flexibility index (Phi) is 39.7. The van der Waals surface area contributed by atoms with Gasteiger partial charge in [0.1, 0.15) is 0 Å². The van der Waals surface area contributed by atoms with Gasteiger partial charge in [-0.25, -0.2) is 4.99 Å². The van der Waals surface area contributed by atoms with E-state index in [0.29, 0.717) is 18.7 Å². The van der Waals surface area contributed by atoms with Gasteiger partial charge < -0.3 is 20.6 Å². The first kappa shape index (κ1) is 46.8. The van der Waals surface area contributed by atoms with Crippen LogP contribution in [0.3, 0.4) is 0 Å². The predicted octanol–water partition coefficient (Wildman–Crippen LogP) is 11.7. The number of carboxylic acids is 1. The maximum absolute atomic E-state index is 10.8. The van der Waals surface area contributed by atoms with Crippen LogP contribution in [0.5, 0.6) is 0 Å². The summed E-state index contributed by atoms with van der Waals surface area (Å²) in [4.78, 5) is 14.4. The van der Waals surface area contributed by atoms with Gasteiger partial charge in [0, 0.05) is 12.4 Å². The third-order valence-corrected chi connectivity index (χ3v) is 26.1. The van der Waals surface area contributed by atoms with E-state index in [4.69, 9.17) is 0 Å². The Morgan fingerprint density at radius 2 is 0.933 bits per heavy atom. The molecule has 0 saturated heterocycles. The molecule has 0 heterocycles. The smallest absolute Gasteiger partial charge is 0.0916 e. The fourth-order valence-corrected chi connectivity index (χ4v) is 23.9. The Hall–Kier alpha value is -0.283. The number of aliphatic carboxylic acids is 1. The number of hydroxylamine groups is 1. The van der Waals surface area contributed by atoms with E-state index in [9.17, 15) is 15.1 Å². The van der Waals surface area contributed by atoms with Crippen molar-refractivity contribution in [3.05, 3.63) is 35.5 Å². The van der Waals surface area contributed by atoms with Crippen molar-refractivity contribution in [2.45, 2.75) is 184 Å². The van der Waals surface area contributed by atoms with Crippen LogP contribution in [-0.2, 0) is 4.79 Å². The average molecular weight is 842 g/mol. The SMILES string of the molecule is CCC[CH2][Sn+]([CH2]CCC)[CH2]CCC.CCC[CH2][Sn+]([CH2]CCC)[CH2]CCC.O=C([O-])CCCCCCC(=Nc1ccccc1)N[O-]. The van der Waals surface area contributed by atoms with Crippen LogP contribution in [0.15, 0.2) is 35.3 Å². The summed E-state index contributed by atoms with van der Waals surface area (Å²) in [6.45, 7) is 14.0. The van der Waals surface area contributed by atoms with Crippen molar-refractivity contribution in [1.82, 2.24) is 5.48 Å². The molecule has 45 heavy (non-hydrogen) atoms. The average Bonchev–Trinajstić information content (AvgIpc) is 3.06. The Bertz CT molecular complexity index is 703. The van der Waals surface area contributed by atoms with Gasteiger partial charge in [-0.1, -0.05) is 31.0 Å².